The molecule has 1 fully saturated rings. The molecule has 68 heavy (non-hydrogen) atoms. The minimum absolute atomic E-state index is 0.00549. The predicted molar refractivity (Wildman–Crippen MR) is 298 cm³/mol. The van der Waals surface area contributed by atoms with Crippen molar-refractivity contribution in [1.82, 2.24) is 0 Å². The zero-order valence-corrected chi connectivity index (χ0v) is 44.7. The molecule has 0 spiro atoms. The lowest BCUT2D eigenvalue weighted by molar-refractivity contribution is 0.199. The highest BCUT2D eigenvalue weighted by Gasteiger charge is 2.63. The molecule has 0 bridgehead atoms. The SMILES string of the molecule is CC(C)(C)c1ccc(N2c3cc(C(C)(C)C)cc4c3B(c3ccc5sc6cc7c(cc6c5c32)C(C)(C)CCC7(C)C)N2c3c-4cc(C(C)(C)C)cc3C3(C)CCCCC23C)c(-c2ccccc2)c1. The minimum Gasteiger partial charge on any atom is -0.400 e. The lowest BCUT2D eigenvalue weighted by Crippen LogP contribution is -2.70. The van der Waals surface area contributed by atoms with Crippen LogP contribution in [0.25, 0.3) is 42.4 Å². The number of hydrogen-bond donors (Lipinski definition) is 0. The Morgan fingerprint density at radius 2 is 1.13 bits per heavy atom. The van der Waals surface area contributed by atoms with Gasteiger partial charge in [-0.1, -0.05) is 164 Å². The van der Waals surface area contributed by atoms with Crippen molar-refractivity contribution in [1.29, 1.82) is 0 Å². The van der Waals surface area contributed by atoms with E-state index in [9.17, 15) is 0 Å². The van der Waals surface area contributed by atoms with Crippen LogP contribution in [0.3, 0.4) is 0 Å². The fourth-order valence-corrected chi connectivity index (χ4v) is 15.0. The van der Waals surface area contributed by atoms with Crippen LogP contribution in [-0.2, 0) is 32.5 Å². The lowest BCUT2D eigenvalue weighted by Gasteiger charge is -2.55. The monoisotopic (exact) mass is 913 g/mol. The Balaban J connectivity index is 1.28. The van der Waals surface area contributed by atoms with Crippen molar-refractivity contribution < 1.29 is 0 Å². The van der Waals surface area contributed by atoms with E-state index < -0.39 is 0 Å². The van der Waals surface area contributed by atoms with E-state index in [2.05, 4.69) is 211 Å². The van der Waals surface area contributed by atoms with Gasteiger partial charge in [0.2, 0.25) is 0 Å². The number of thiophene rings is 1. The van der Waals surface area contributed by atoms with Crippen LogP contribution in [0.2, 0.25) is 0 Å². The predicted octanol–water partition coefficient (Wildman–Crippen LogP) is 16.9. The fourth-order valence-electron chi connectivity index (χ4n) is 13.9. The first-order chi connectivity index (χ1) is 31.8. The quantitative estimate of drug-likeness (QED) is 0.160. The molecule has 1 aromatic heterocycles. The standard InChI is InChI=1S/C64H73BN2S/c1-58(2,3)39-23-25-50(42(31-39)38-21-17-16-18-22-38)66-51-35-41(60(7,8)9)32-43-44-33-40(59(4,5)6)34-48-56(44)67(64(15)28-20-19-27-63(48,64)14)65(55(43)51)49-24-26-52-54(57(49)66)45-36-46-47(37-53(45)68-52)62(12,13)30-29-61(46,10)11/h16-18,21-26,31-37H,19-20,27-30H2,1-15H3. The van der Waals surface area contributed by atoms with E-state index in [0.29, 0.717) is 0 Å². The van der Waals surface area contributed by atoms with E-state index in [1.54, 1.807) is 11.1 Å². The molecule has 2 nitrogen and oxygen atoms in total. The van der Waals surface area contributed by atoms with Crippen LogP contribution in [0.15, 0.2) is 97.1 Å². The van der Waals surface area contributed by atoms with Crippen molar-refractivity contribution in [2.75, 3.05) is 9.71 Å². The summed E-state index contributed by atoms with van der Waals surface area (Å²) in [6, 6.07) is 39.7. The number of fused-ring (bicyclic) bond motifs is 12. The minimum atomic E-state index is -0.0856. The molecule has 0 amide bonds. The summed E-state index contributed by atoms with van der Waals surface area (Å²) < 4.78 is 2.80. The molecular formula is C64H73BN2S. The zero-order valence-electron chi connectivity index (χ0n) is 43.9. The molecule has 2 aliphatic carbocycles. The van der Waals surface area contributed by atoms with E-state index >= 15 is 0 Å². The molecular weight excluding hydrogens is 840 g/mol. The number of rotatable bonds is 2. The van der Waals surface area contributed by atoms with Gasteiger partial charge in [-0.3, -0.25) is 0 Å². The molecule has 3 aliphatic heterocycles. The maximum atomic E-state index is 3.04. The summed E-state index contributed by atoms with van der Waals surface area (Å²) in [6.45, 7) is 36.9. The van der Waals surface area contributed by atoms with Crippen molar-refractivity contribution in [2.24, 2.45) is 0 Å². The highest BCUT2D eigenvalue weighted by Crippen LogP contribution is 2.64. The van der Waals surface area contributed by atoms with Crippen LogP contribution in [0, 0.1) is 0 Å². The number of benzene rings is 6. The molecule has 0 N–H and O–H groups in total. The molecule has 0 saturated heterocycles. The third kappa shape index (κ3) is 6.01. The lowest BCUT2D eigenvalue weighted by atomic mass is 9.42. The largest absolute Gasteiger partial charge is 0.400 e. The summed E-state index contributed by atoms with van der Waals surface area (Å²) in [6.07, 6.45) is 7.36. The normalized spacial score (nSPS) is 22.2. The van der Waals surface area contributed by atoms with Gasteiger partial charge in [0.1, 0.15) is 0 Å². The first-order valence-corrected chi connectivity index (χ1v) is 26.9. The summed E-state index contributed by atoms with van der Waals surface area (Å²) in [4.78, 5) is 5.84. The number of nitrogens with zero attached hydrogens (tertiary/aromatic N) is 2. The van der Waals surface area contributed by atoms with Crippen molar-refractivity contribution in [3.8, 4) is 22.3 Å². The van der Waals surface area contributed by atoms with Crippen molar-refractivity contribution in [3.63, 3.8) is 0 Å². The summed E-state index contributed by atoms with van der Waals surface area (Å²) in [5, 5.41) is 2.84. The second-order valence-corrected chi connectivity index (χ2v) is 27.9. The van der Waals surface area contributed by atoms with Gasteiger partial charge in [-0.25, -0.2) is 0 Å². The van der Waals surface area contributed by atoms with Gasteiger partial charge in [-0.2, -0.15) is 0 Å². The Hall–Kier alpha value is -4.80. The van der Waals surface area contributed by atoms with Gasteiger partial charge in [0.25, 0.3) is 0 Å². The third-order valence-electron chi connectivity index (χ3n) is 18.5. The molecule has 4 heterocycles. The maximum Gasteiger partial charge on any atom is 0.328 e. The summed E-state index contributed by atoms with van der Waals surface area (Å²) >= 11 is 2.01. The second-order valence-electron chi connectivity index (χ2n) is 26.8. The van der Waals surface area contributed by atoms with E-state index in [1.165, 1.54) is 137 Å². The van der Waals surface area contributed by atoms with Crippen LogP contribution in [-0.4, -0.2) is 12.4 Å². The van der Waals surface area contributed by atoms with Crippen molar-refractivity contribution >= 4 is 72.0 Å². The molecule has 4 heteroatoms. The molecule has 1 saturated carbocycles. The van der Waals surface area contributed by atoms with E-state index in [4.69, 9.17) is 0 Å². The summed E-state index contributed by atoms with van der Waals surface area (Å²) in [5.41, 5.74) is 22.8. The van der Waals surface area contributed by atoms with Gasteiger partial charge >= 0.3 is 6.85 Å². The van der Waals surface area contributed by atoms with Gasteiger partial charge in [0.15, 0.2) is 0 Å². The molecule has 348 valence electrons. The highest BCUT2D eigenvalue weighted by molar-refractivity contribution is 7.26. The van der Waals surface area contributed by atoms with Gasteiger partial charge in [-0.05, 0) is 158 Å². The molecule has 2 unspecified atom stereocenters. The first-order valence-electron chi connectivity index (χ1n) is 26.0. The van der Waals surface area contributed by atoms with Crippen LogP contribution in [0.4, 0.5) is 22.7 Å². The smallest absolute Gasteiger partial charge is 0.328 e. The van der Waals surface area contributed by atoms with Gasteiger partial charge in [-0.15, -0.1) is 11.3 Å². The Bertz CT molecular complexity index is 3290. The molecule has 6 aromatic carbocycles. The number of anilines is 4. The average molecular weight is 913 g/mol. The fraction of sp³-hybridized carbons (Fsp3) is 0.438. The van der Waals surface area contributed by atoms with E-state index in [0.717, 1.165) is 0 Å². The third-order valence-corrected chi connectivity index (χ3v) is 19.6. The summed E-state index contributed by atoms with van der Waals surface area (Å²) in [5.74, 6) is 0. The topological polar surface area (TPSA) is 6.48 Å². The maximum absolute atomic E-state index is 3.04. The Morgan fingerprint density at radius 3 is 1.81 bits per heavy atom. The Kier molecular flexibility index (Phi) is 9.12. The highest BCUT2D eigenvalue weighted by atomic mass is 32.1. The zero-order chi connectivity index (χ0) is 48.0. The van der Waals surface area contributed by atoms with Gasteiger partial charge in [0.05, 0.1) is 11.4 Å². The molecule has 2 atom stereocenters. The van der Waals surface area contributed by atoms with Crippen LogP contribution >= 0.6 is 11.3 Å². The van der Waals surface area contributed by atoms with Crippen LogP contribution in [0.5, 0.6) is 0 Å². The summed E-state index contributed by atoms with van der Waals surface area (Å²) in [7, 11) is 0. The Labute approximate surface area is 412 Å². The molecule has 12 rings (SSSR count). The average Bonchev–Trinajstić information content (AvgIpc) is 3.75. The molecule has 7 aromatic rings. The number of hydrogen-bond acceptors (Lipinski definition) is 3. The first kappa shape index (κ1) is 44.4. The molecule has 0 radical (unpaired) electrons. The van der Waals surface area contributed by atoms with Gasteiger partial charge in [0, 0.05) is 53.6 Å². The van der Waals surface area contributed by atoms with E-state index in [-0.39, 0.29) is 44.9 Å². The van der Waals surface area contributed by atoms with E-state index in [1.807, 2.05) is 11.3 Å². The molecule has 5 aliphatic rings. The van der Waals surface area contributed by atoms with Crippen molar-refractivity contribution in [3.05, 3.63) is 130 Å². The second kappa shape index (κ2) is 14.0. The Morgan fingerprint density at radius 1 is 0.515 bits per heavy atom. The van der Waals surface area contributed by atoms with Gasteiger partial charge < -0.3 is 9.71 Å². The van der Waals surface area contributed by atoms with Crippen molar-refractivity contribution in [2.45, 2.75) is 180 Å². The van der Waals surface area contributed by atoms with Crippen LogP contribution < -0.4 is 20.6 Å². The van der Waals surface area contributed by atoms with Crippen LogP contribution in [0.1, 0.15) is 176 Å².